The van der Waals surface area contributed by atoms with Gasteiger partial charge in [-0.3, -0.25) is 9.48 Å². The molecule has 1 heterocycles. The smallest absolute Gasteiger partial charge is 0.396 e. The van der Waals surface area contributed by atoms with Crippen molar-refractivity contribution < 1.29 is 23.1 Å². The molecule has 0 saturated carbocycles. The van der Waals surface area contributed by atoms with E-state index in [1.807, 2.05) is 20.8 Å². The van der Waals surface area contributed by atoms with E-state index in [0.717, 1.165) is 16.9 Å². The number of carbonyl (C=O) groups excluding carboxylic acids is 1. The number of aromatic nitrogens is 2. The van der Waals surface area contributed by atoms with E-state index in [0.29, 0.717) is 6.42 Å². The van der Waals surface area contributed by atoms with Crippen molar-refractivity contribution in [2.24, 2.45) is 5.41 Å². The van der Waals surface area contributed by atoms with Crippen LogP contribution in [0.3, 0.4) is 0 Å². The fraction of sp³-hybridized carbons (Fsp3) is 0.692. The number of nitrogens with one attached hydrogen (secondary N) is 1. The van der Waals surface area contributed by atoms with Crippen molar-refractivity contribution in [3.63, 3.8) is 0 Å². The predicted octanol–water partition coefficient (Wildman–Crippen LogP) is 1.82. The maximum absolute atomic E-state index is 12.4. The van der Waals surface area contributed by atoms with Gasteiger partial charge in [-0.15, -0.1) is 0 Å². The number of aliphatic hydroxyl groups excluding tert-OH is 1. The summed E-state index contributed by atoms with van der Waals surface area (Å²) < 4.78 is 38.1. The van der Waals surface area contributed by atoms with Crippen molar-refractivity contribution in [2.75, 3.05) is 6.61 Å². The highest BCUT2D eigenvalue weighted by atomic mass is 19.4. The van der Waals surface area contributed by atoms with E-state index in [9.17, 15) is 18.0 Å². The zero-order chi connectivity index (χ0) is 16.3. The Balaban J connectivity index is 2.66. The second-order valence-corrected chi connectivity index (χ2v) is 5.89. The molecule has 0 bridgehead atoms. The SMILES string of the molecule is CC(C)(C)C(CCO)NC(=O)Cn1ccc(C(F)(F)F)n1. The number of rotatable bonds is 5. The minimum atomic E-state index is -4.52. The minimum absolute atomic E-state index is 0.0811. The molecule has 1 amide bonds. The highest BCUT2D eigenvalue weighted by Crippen LogP contribution is 2.27. The van der Waals surface area contributed by atoms with E-state index in [1.54, 1.807) is 0 Å². The van der Waals surface area contributed by atoms with Gasteiger partial charge in [0.2, 0.25) is 5.91 Å². The Bertz CT molecular complexity index is 478. The molecule has 8 heteroatoms. The molecule has 0 aliphatic carbocycles. The molecular formula is C13H20F3N3O2. The molecule has 1 unspecified atom stereocenters. The van der Waals surface area contributed by atoms with E-state index in [1.165, 1.54) is 0 Å². The molecule has 0 aliphatic rings. The molecule has 0 saturated heterocycles. The van der Waals surface area contributed by atoms with Crippen LogP contribution in [0, 0.1) is 5.41 Å². The highest BCUT2D eigenvalue weighted by Gasteiger charge is 2.33. The van der Waals surface area contributed by atoms with Crippen LogP contribution in [0.2, 0.25) is 0 Å². The lowest BCUT2D eigenvalue weighted by molar-refractivity contribution is -0.141. The summed E-state index contributed by atoms with van der Waals surface area (Å²) >= 11 is 0. The number of hydrogen-bond acceptors (Lipinski definition) is 3. The van der Waals surface area contributed by atoms with E-state index in [-0.39, 0.29) is 24.6 Å². The Morgan fingerprint density at radius 2 is 2.05 bits per heavy atom. The zero-order valence-electron chi connectivity index (χ0n) is 12.2. The minimum Gasteiger partial charge on any atom is -0.396 e. The molecule has 1 aromatic heterocycles. The molecule has 0 spiro atoms. The molecule has 120 valence electrons. The molecule has 0 aromatic carbocycles. The number of nitrogens with zero attached hydrogens (tertiary/aromatic N) is 2. The molecule has 2 N–H and O–H groups in total. The molecule has 1 atom stereocenters. The van der Waals surface area contributed by atoms with Gasteiger partial charge in [0.05, 0.1) is 0 Å². The van der Waals surface area contributed by atoms with Crippen molar-refractivity contribution in [3.8, 4) is 0 Å². The first-order valence-electron chi connectivity index (χ1n) is 6.55. The second-order valence-electron chi connectivity index (χ2n) is 5.89. The van der Waals surface area contributed by atoms with Crippen molar-refractivity contribution in [2.45, 2.75) is 46.0 Å². The fourth-order valence-corrected chi connectivity index (χ4v) is 1.84. The Kier molecular flexibility index (Phi) is 5.38. The number of alkyl halides is 3. The molecule has 1 rings (SSSR count). The summed E-state index contributed by atoms with van der Waals surface area (Å²) in [4.78, 5) is 11.9. The zero-order valence-corrected chi connectivity index (χ0v) is 12.2. The monoisotopic (exact) mass is 307 g/mol. The summed E-state index contributed by atoms with van der Waals surface area (Å²) in [5.41, 5.74) is -1.29. The van der Waals surface area contributed by atoms with Crippen LogP contribution in [-0.4, -0.2) is 33.4 Å². The summed E-state index contributed by atoms with van der Waals surface area (Å²) in [6.07, 6.45) is -3.03. The fourth-order valence-electron chi connectivity index (χ4n) is 1.84. The lowest BCUT2D eigenvalue weighted by Gasteiger charge is -2.31. The highest BCUT2D eigenvalue weighted by molar-refractivity contribution is 5.76. The summed E-state index contributed by atoms with van der Waals surface area (Å²) in [6, 6.07) is 0.551. The number of halogens is 3. The normalized spacial score (nSPS) is 14.0. The Morgan fingerprint density at radius 3 is 2.48 bits per heavy atom. The Labute approximate surface area is 121 Å². The summed E-state index contributed by atoms with van der Waals surface area (Å²) in [7, 11) is 0. The van der Waals surface area contributed by atoms with E-state index in [4.69, 9.17) is 5.11 Å². The maximum Gasteiger partial charge on any atom is 0.435 e. The van der Waals surface area contributed by atoms with Crippen LogP contribution in [0.1, 0.15) is 32.9 Å². The topological polar surface area (TPSA) is 67.2 Å². The first-order chi connectivity index (χ1) is 9.54. The quantitative estimate of drug-likeness (QED) is 0.872. The van der Waals surface area contributed by atoms with Crippen molar-refractivity contribution in [1.82, 2.24) is 15.1 Å². The van der Waals surface area contributed by atoms with Gasteiger partial charge in [0, 0.05) is 18.8 Å². The van der Waals surface area contributed by atoms with Gasteiger partial charge >= 0.3 is 6.18 Å². The third kappa shape index (κ3) is 5.37. The van der Waals surface area contributed by atoms with E-state index >= 15 is 0 Å². The van der Waals surface area contributed by atoms with Gasteiger partial charge in [0.15, 0.2) is 5.69 Å². The van der Waals surface area contributed by atoms with Crippen LogP contribution >= 0.6 is 0 Å². The number of hydrogen-bond donors (Lipinski definition) is 2. The molecule has 21 heavy (non-hydrogen) atoms. The van der Waals surface area contributed by atoms with Crippen molar-refractivity contribution in [3.05, 3.63) is 18.0 Å². The average Bonchev–Trinajstić information content (AvgIpc) is 2.75. The summed E-state index contributed by atoms with van der Waals surface area (Å²) in [6.45, 7) is 5.34. The van der Waals surface area contributed by atoms with Gasteiger partial charge < -0.3 is 10.4 Å². The van der Waals surface area contributed by atoms with Gasteiger partial charge in [-0.1, -0.05) is 20.8 Å². The second kappa shape index (κ2) is 6.46. The lowest BCUT2D eigenvalue weighted by Crippen LogP contribution is -2.45. The molecule has 1 aromatic rings. The third-order valence-corrected chi connectivity index (χ3v) is 3.04. The summed E-state index contributed by atoms with van der Waals surface area (Å²) in [5, 5.41) is 15.0. The standard InChI is InChI=1S/C13H20F3N3O2/c1-12(2,3)9(5-7-20)17-11(21)8-19-6-4-10(18-19)13(14,15)16/h4,6,9,20H,5,7-8H2,1-3H3,(H,17,21). The molecule has 5 nitrogen and oxygen atoms in total. The van der Waals surface area contributed by atoms with Crippen molar-refractivity contribution in [1.29, 1.82) is 0 Å². The van der Waals surface area contributed by atoms with Crippen LogP contribution < -0.4 is 5.32 Å². The van der Waals surface area contributed by atoms with Crippen LogP contribution in [-0.2, 0) is 17.5 Å². The Hall–Kier alpha value is -1.57. The van der Waals surface area contributed by atoms with Gasteiger partial charge in [0.1, 0.15) is 6.54 Å². The average molecular weight is 307 g/mol. The predicted molar refractivity (Wildman–Crippen MR) is 70.3 cm³/mol. The maximum atomic E-state index is 12.4. The molecular weight excluding hydrogens is 287 g/mol. The van der Waals surface area contributed by atoms with Crippen LogP contribution in [0.5, 0.6) is 0 Å². The molecule has 0 radical (unpaired) electrons. The molecule has 0 fully saturated rings. The van der Waals surface area contributed by atoms with Crippen LogP contribution in [0.4, 0.5) is 13.2 Å². The van der Waals surface area contributed by atoms with Crippen LogP contribution in [0.15, 0.2) is 12.3 Å². The van der Waals surface area contributed by atoms with Gasteiger partial charge in [-0.2, -0.15) is 18.3 Å². The van der Waals surface area contributed by atoms with Gasteiger partial charge in [-0.05, 0) is 17.9 Å². The summed E-state index contributed by atoms with van der Waals surface area (Å²) in [5.74, 6) is -0.444. The Morgan fingerprint density at radius 1 is 1.43 bits per heavy atom. The van der Waals surface area contributed by atoms with E-state index in [2.05, 4.69) is 10.4 Å². The largest absolute Gasteiger partial charge is 0.435 e. The van der Waals surface area contributed by atoms with Crippen molar-refractivity contribution >= 4 is 5.91 Å². The third-order valence-electron chi connectivity index (χ3n) is 3.04. The molecule has 0 aliphatic heterocycles. The number of amides is 1. The van der Waals surface area contributed by atoms with E-state index < -0.39 is 17.8 Å². The number of carbonyl (C=O) groups is 1. The van der Waals surface area contributed by atoms with Crippen LogP contribution in [0.25, 0.3) is 0 Å². The number of aliphatic hydroxyl groups is 1. The van der Waals surface area contributed by atoms with Gasteiger partial charge in [-0.25, -0.2) is 0 Å². The first-order valence-corrected chi connectivity index (χ1v) is 6.55. The lowest BCUT2D eigenvalue weighted by atomic mass is 9.85. The first kappa shape index (κ1) is 17.5. The van der Waals surface area contributed by atoms with Gasteiger partial charge in [0.25, 0.3) is 0 Å².